The molecule has 4 rings (SSSR count). The molecule has 0 radical (unpaired) electrons. The lowest BCUT2D eigenvalue weighted by Gasteiger charge is -2.07. The zero-order valence-corrected chi connectivity index (χ0v) is 14.9. The van der Waals surface area contributed by atoms with E-state index in [1.54, 1.807) is 25.1 Å². The molecule has 2 aromatic heterocycles. The van der Waals surface area contributed by atoms with Crippen molar-refractivity contribution in [2.75, 3.05) is 5.32 Å². The van der Waals surface area contributed by atoms with Gasteiger partial charge < -0.3 is 14.7 Å². The third-order valence-electron chi connectivity index (χ3n) is 4.28. The smallest absolute Gasteiger partial charge is 0.325 e. The minimum absolute atomic E-state index is 0.162. The van der Waals surface area contributed by atoms with Crippen LogP contribution in [-0.2, 0) is 11.2 Å². The molecule has 0 spiro atoms. The van der Waals surface area contributed by atoms with E-state index in [2.05, 4.69) is 20.3 Å². The van der Waals surface area contributed by atoms with Crippen LogP contribution in [0.5, 0.6) is 0 Å². The van der Waals surface area contributed by atoms with Gasteiger partial charge in [0.2, 0.25) is 11.8 Å². The molecule has 0 fully saturated rings. The number of H-pyrrole nitrogens is 2. The normalized spacial score (nSPS) is 10.9. The summed E-state index contributed by atoms with van der Waals surface area (Å²) in [7, 11) is 0. The van der Waals surface area contributed by atoms with Crippen molar-refractivity contribution in [3.05, 3.63) is 80.6 Å². The number of oxazole rings is 1. The second-order valence-corrected chi connectivity index (χ2v) is 6.30. The number of anilines is 1. The van der Waals surface area contributed by atoms with Crippen LogP contribution in [0, 0.1) is 6.92 Å². The van der Waals surface area contributed by atoms with Crippen molar-refractivity contribution in [1.29, 1.82) is 0 Å². The summed E-state index contributed by atoms with van der Waals surface area (Å²) in [6, 6.07) is 14.5. The molecule has 140 valence electrons. The number of aromatic amines is 2. The maximum atomic E-state index is 12.4. The summed E-state index contributed by atoms with van der Waals surface area (Å²) in [6.07, 6.45) is -0.162. The van der Waals surface area contributed by atoms with Crippen molar-refractivity contribution in [1.82, 2.24) is 15.0 Å². The summed E-state index contributed by atoms with van der Waals surface area (Å²) in [6.45, 7) is 1.58. The first kappa shape index (κ1) is 17.5. The molecule has 0 aliphatic heterocycles. The first-order valence-electron chi connectivity index (χ1n) is 8.57. The molecule has 0 atom stereocenters. The van der Waals surface area contributed by atoms with Crippen molar-refractivity contribution >= 4 is 22.7 Å². The fraction of sp³-hybridized carbons (Fsp3) is 0.100. The molecule has 8 heteroatoms. The van der Waals surface area contributed by atoms with Crippen molar-refractivity contribution in [2.45, 2.75) is 13.3 Å². The van der Waals surface area contributed by atoms with Crippen molar-refractivity contribution < 1.29 is 9.21 Å². The predicted molar refractivity (Wildman–Crippen MR) is 104 cm³/mol. The Morgan fingerprint density at radius 3 is 2.71 bits per heavy atom. The highest BCUT2D eigenvalue weighted by Crippen LogP contribution is 2.26. The first-order chi connectivity index (χ1) is 13.5. The molecular weight excluding hydrogens is 360 g/mol. The third-order valence-corrected chi connectivity index (χ3v) is 4.28. The summed E-state index contributed by atoms with van der Waals surface area (Å²) in [5, 5.41) is 2.75. The lowest BCUT2D eigenvalue weighted by Crippen LogP contribution is -2.29. The second kappa shape index (κ2) is 6.99. The summed E-state index contributed by atoms with van der Waals surface area (Å²) in [4.78, 5) is 44.6. The molecular formula is C20H16N4O4. The molecule has 0 aliphatic rings. The van der Waals surface area contributed by atoms with Gasteiger partial charge in [-0.15, -0.1) is 0 Å². The SMILES string of the molecule is Cc1[nH]c(=O)[nH]c(=O)c1CC(=O)Nc1cccc(-c2nc3ccccc3o2)c1. The average Bonchev–Trinajstić information content (AvgIpc) is 3.09. The second-order valence-electron chi connectivity index (χ2n) is 6.30. The van der Waals surface area contributed by atoms with Gasteiger partial charge in [0.25, 0.3) is 5.56 Å². The first-order valence-corrected chi connectivity index (χ1v) is 8.57. The number of aryl methyl sites for hydroxylation is 1. The Labute approximate surface area is 158 Å². The quantitative estimate of drug-likeness (QED) is 0.505. The van der Waals surface area contributed by atoms with Crippen LogP contribution in [-0.4, -0.2) is 20.9 Å². The van der Waals surface area contributed by atoms with Gasteiger partial charge in [-0.05, 0) is 37.3 Å². The number of hydrogen-bond acceptors (Lipinski definition) is 5. The van der Waals surface area contributed by atoms with Gasteiger partial charge in [-0.25, -0.2) is 9.78 Å². The van der Waals surface area contributed by atoms with E-state index >= 15 is 0 Å². The fourth-order valence-electron chi connectivity index (χ4n) is 2.93. The molecule has 3 N–H and O–H groups in total. The highest BCUT2D eigenvalue weighted by Gasteiger charge is 2.13. The summed E-state index contributed by atoms with van der Waals surface area (Å²) < 4.78 is 5.75. The van der Waals surface area contributed by atoms with E-state index in [-0.39, 0.29) is 17.9 Å². The van der Waals surface area contributed by atoms with Gasteiger partial charge in [0.05, 0.1) is 6.42 Å². The van der Waals surface area contributed by atoms with Crippen LogP contribution in [0.4, 0.5) is 5.69 Å². The standard InChI is InChI=1S/C20H16N4O4/c1-11-14(18(26)24-20(27)21-11)10-17(25)22-13-6-4-5-12(9-13)19-23-15-7-2-3-8-16(15)28-19/h2-9H,10H2,1H3,(H,22,25)(H2,21,24,26,27). The Morgan fingerprint density at radius 2 is 1.93 bits per heavy atom. The Balaban J connectivity index is 1.56. The number of hydrogen-bond donors (Lipinski definition) is 3. The van der Waals surface area contributed by atoms with Gasteiger partial charge in [-0.2, -0.15) is 0 Å². The Kier molecular flexibility index (Phi) is 4.36. The number of nitrogens with zero attached hydrogens (tertiary/aromatic N) is 1. The van der Waals surface area contributed by atoms with Crippen molar-refractivity contribution in [3.63, 3.8) is 0 Å². The summed E-state index contributed by atoms with van der Waals surface area (Å²) in [5.41, 5.74) is 2.10. The van der Waals surface area contributed by atoms with Gasteiger partial charge in [0.1, 0.15) is 5.52 Å². The minimum atomic E-state index is -0.599. The molecule has 2 aromatic carbocycles. The van der Waals surface area contributed by atoms with Crippen molar-refractivity contribution in [3.8, 4) is 11.5 Å². The number of carbonyl (C=O) groups excluding carboxylic acids is 1. The number of nitrogens with one attached hydrogen (secondary N) is 3. The largest absolute Gasteiger partial charge is 0.436 e. The van der Waals surface area contributed by atoms with E-state index in [0.717, 1.165) is 5.52 Å². The van der Waals surface area contributed by atoms with Crippen LogP contribution in [0.25, 0.3) is 22.6 Å². The molecule has 0 aliphatic carbocycles. The van der Waals surface area contributed by atoms with E-state index in [9.17, 15) is 14.4 Å². The Hall–Kier alpha value is -3.94. The van der Waals surface area contributed by atoms with Gasteiger partial charge in [-0.3, -0.25) is 14.6 Å². The maximum absolute atomic E-state index is 12.4. The number of rotatable bonds is 4. The zero-order chi connectivity index (χ0) is 19.7. The van der Waals surface area contributed by atoms with Crippen molar-refractivity contribution in [2.24, 2.45) is 0 Å². The highest BCUT2D eigenvalue weighted by atomic mass is 16.3. The van der Waals surface area contributed by atoms with Crippen LogP contribution in [0.2, 0.25) is 0 Å². The number of para-hydroxylation sites is 2. The van der Waals surface area contributed by atoms with Gasteiger partial charge >= 0.3 is 5.69 Å². The lowest BCUT2D eigenvalue weighted by molar-refractivity contribution is -0.115. The van der Waals surface area contributed by atoms with Crippen LogP contribution < -0.4 is 16.6 Å². The minimum Gasteiger partial charge on any atom is -0.436 e. The van der Waals surface area contributed by atoms with Gasteiger partial charge in [0, 0.05) is 22.5 Å². The molecule has 0 unspecified atom stereocenters. The molecule has 0 saturated heterocycles. The molecule has 8 nitrogen and oxygen atoms in total. The van der Waals surface area contributed by atoms with Gasteiger partial charge in [0.15, 0.2) is 5.58 Å². The van der Waals surface area contributed by atoms with E-state index in [1.165, 1.54) is 0 Å². The zero-order valence-electron chi connectivity index (χ0n) is 14.9. The van der Waals surface area contributed by atoms with Crippen LogP contribution in [0.1, 0.15) is 11.3 Å². The average molecular weight is 376 g/mol. The number of amides is 1. The van der Waals surface area contributed by atoms with E-state index in [1.807, 2.05) is 30.3 Å². The van der Waals surface area contributed by atoms with Crippen LogP contribution in [0.3, 0.4) is 0 Å². The predicted octanol–water partition coefficient (Wildman–Crippen LogP) is 2.36. The molecule has 0 saturated carbocycles. The molecule has 1 amide bonds. The third kappa shape index (κ3) is 3.48. The fourth-order valence-corrected chi connectivity index (χ4v) is 2.93. The molecule has 28 heavy (non-hydrogen) atoms. The summed E-state index contributed by atoms with van der Waals surface area (Å²) in [5.74, 6) is 0.0700. The molecule has 2 heterocycles. The van der Waals surface area contributed by atoms with E-state index in [0.29, 0.717) is 28.4 Å². The Bertz CT molecular complexity index is 1270. The topological polar surface area (TPSA) is 121 Å². The van der Waals surface area contributed by atoms with Gasteiger partial charge in [-0.1, -0.05) is 18.2 Å². The lowest BCUT2D eigenvalue weighted by atomic mass is 10.1. The molecule has 0 bridgehead atoms. The Morgan fingerprint density at radius 1 is 1.11 bits per heavy atom. The number of carbonyl (C=O) groups is 1. The number of benzene rings is 2. The van der Waals surface area contributed by atoms with E-state index in [4.69, 9.17) is 4.42 Å². The number of fused-ring (bicyclic) bond motifs is 1. The monoisotopic (exact) mass is 376 g/mol. The number of aromatic nitrogens is 3. The summed E-state index contributed by atoms with van der Waals surface area (Å²) >= 11 is 0. The maximum Gasteiger partial charge on any atom is 0.325 e. The molecule has 4 aromatic rings. The van der Waals surface area contributed by atoms with Crippen LogP contribution >= 0.6 is 0 Å². The van der Waals surface area contributed by atoms with Crippen LogP contribution in [0.15, 0.2) is 62.5 Å². The highest BCUT2D eigenvalue weighted by molar-refractivity contribution is 5.93. The van der Waals surface area contributed by atoms with E-state index < -0.39 is 11.2 Å².